The Bertz CT molecular complexity index is 519. The molecule has 0 bridgehead atoms. The summed E-state index contributed by atoms with van der Waals surface area (Å²) in [4.78, 5) is 0. The van der Waals surface area contributed by atoms with Gasteiger partial charge < -0.3 is 5.32 Å². The third-order valence-corrected chi connectivity index (χ3v) is 4.33. The summed E-state index contributed by atoms with van der Waals surface area (Å²) in [6.07, 6.45) is 0. The van der Waals surface area contributed by atoms with Crippen molar-refractivity contribution in [3.63, 3.8) is 0 Å². The maximum atomic E-state index is 6.25. The standard InChI is InChI=1S/C14H15Cl2NS/c1-3-17-13(10-6-4-9(2)5-7-10)11-8-12(15)18-14(11)16/h4-8,13,17H,3H2,1-2H3. The van der Waals surface area contributed by atoms with Crippen LogP contribution in [0.1, 0.15) is 29.7 Å². The van der Waals surface area contributed by atoms with Gasteiger partial charge in [-0.1, -0.05) is 60.0 Å². The zero-order valence-electron chi connectivity index (χ0n) is 10.3. The molecule has 0 saturated heterocycles. The van der Waals surface area contributed by atoms with Crippen LogP contribution < -0.4 is 5.32 Å². The van der Waals surface area contributed by atoms with E-state index in [4.69, 9.17) is 23.2 Å². The lowest BCUT2D eigenvalue weighted by molar-refractivity contribution is 0.632. The SMILES string of the molecule is CCNC(c1ccc(C)cc1)c1cc(Cl)sc1Cl. The van der Waals surface area contributed by atoms with Crippen LogP contribution in [0.15, 0.2) is 30.3 Å². The van der Waals surface area contributed by atoms with Crippen molar-refractivity contribution >= 4 is 34.5 Å². The molecule has 1 unspecified atom stereocenters. The molecule has 96 valence electrons. The number of hydrogen-bond donors (Lipinski definition) is 1. The smallest absolute Gasteiger partial charge is 0.0995 e. The summed E-state index contributed by atoms with van der Waals surface area (Å²) in [6, 6.07) is 10.5. The molecular weight excluding hydrogens is 285 g/mol. The van der Waals surface area contributed by atoms with Gasteiger partial charge in [0.2, 0.25) is 0 Å². The highest BCUT2D eigenvalue weighted by molar-refractivity contribution is 7.20. The van der Waals surface area contributed by atoms with E-state index in [2.05, 4.69) is 43.4 Å². The van der Waals surface area contributed by atoms with Gasteiger partial charge in [0.1, 0.15) is 0 Å². The largest absolute Gasteiger partial charge is 0.306 e. The molecule has 0 saturated carbocycles. The topological polar surface area (TPSA) is 12.0 Å². The lowest BCUT2D eigenvalue weighted by atomic mass is 10.00. The van der Waals surface area contributed by atoms with Gasteiger partial charge in [-0.05, 0) is 25.1 Å². The summed E-state index contributed by atoms with van der Waals surface area (Å²) in [5, 5.41) is 3.45. The van der Waals surface area contributed by atoms with Crippen molar-refractivity contribution in [1.29, 1.82) is 0 Å². The molecular formula is C14H15Cl2NS. The molecule has 0 radical (unpaired) electrons. The zero-order valence-corrected chi connectivity index (χ0v) is 12.7. The van der Waals surface area contributed by atoms with Crippen LogP contribution in [0.2, 0.25) is 8.67 Å². The Morgan fingerprint density at radius 1 is 1.22 bits per heavy atom. The summed E-state index contributed by atoms with van der Waals surface area (Å²) in [5.41, 5.74) is 3.51. The fourth-order valence-corrected chi connectivity index (χ4v) is 3.45. The molecule has 1 heterocycles. The molecule has 0 aliphatic carbocycles. The highest BCUT2D eigenvalue weighted by atomic mass is 35.5. The molecule has 18 heavy (non-hydrogen) atoms. The van der Waals surface area contributed by atoms with E-state index in [1.54, 1.807) is 0 Å². The first-order valence-electron chi connectivity index (χ1n) is 5.86. The molecule has 1 atom stereocenters. The molecule has 1 nitrogen and oxygen atoms in total. The molecule has 2 rings (SSSR count). The third-order valence-electron chi connectivity index (χ3n) is 2.81. The number of nitrogens with one attached hydrogen (secondary N) is 1. The number of rotatable bonds is 4. The van der Waals surface area contributed by atoms with Gasteiger partial charge in [-0.25, -0.2) is 0 Å². The van der Waals surface area contributed by atoms with E-state index in [0.29, 0.717) is 0 Å². The lowest BCUT2D eigenvalue weighted by Gasteiger charge is -2.18. The van der Waals surface area contributed by atoms with Gasteiger partial charge in [0.05, 0.1) is 14.7 Å². The molecule has 0 aliphatic heterocycles. The van der Waals surface area contributed by atoms with Crippen molar-refractivity contribution in [3.8, 4) is 0 Å². The normalized spacial score (nSPS) is 12.7. The second-order valence-corrected chi connectivity index (χ2v) is 6.47. The van der Waals surface area contributed by atoms with E-state index in [1.807, 2.05) is 6.07 Å². The molecule has 0 amide bonds. The first kappa shape index (κ1) is 13.9. The van der Waals surface area contributed by atoms with E-state index in [1.165, 1.54) is 22.5 Å². The van der Waals surface area contributed by atoms with Gasteiger partial charge in [-0.15, -0.1) is 11.3 Å². The molecule has 1 N–H and O–H groups in total. The second kappa shape index (κ2) is 6.07. The van der Waals surface area contributed by atoms with Crippen LogP contribution in [0.25, 0.3) is 0 Å². The van der Waals surface area contributed by atoms with Crippen molar-refractivity contribution in [1.82, 2.24) is 5.32 Å². The summed E-state index contributed by atoms with van der Waals surface area (Å²) in [7, 11) is 0. The predicted molar refractivity (Wildman–Crippen MR) is 81.0 cm³/mol. The van der Waals surface area contributed by atoms with Gasteiger partial charge in [-0.3, -0.25) is 0 Å². The van der Waals surface area contributed by atoms with Crippen LogP contribution in [-0.4, -0.2) is 6.54 Å². The Balaban J connectivity index is 2.39. The van der Waals surface area contributed by atoms with E-state index >= 15 is 0 Å². The van der Waals surface area contributed by atoms with Crippen LogP contribution in [-0.2, 0) is 0 Å². The Kier molecular flexibility index (Phi) is 4.68. The molecule has 4 heteroatoms. The number of halogens is 2. The van der Waals surface area contributed by atoms with Crippen molar-refractivity contribution in [2.24, 2.45) is 0 Å². The summed E-state index contributed by atoms with van der Waals surface area (Å²) < 4.78 is 1.48. The summed E-state index contributed by atoms with van der Waals surface area (Å²) >= 11 is 13.7. The van der Waals surface area contributed by atoms with Crippen molar-refractivity contribution < 1.29 is 0 Å². The summed E-state index contributed by atoms with van der Waals surface area (Å²) in [5.74, 6) is 0. The molecule has 1 aromatic carbocycles. The fourth-order valence-electron chi connectivity index (χ4n) is 1.92. The first-order valence-corrected chi connectivity index (χ1v) is 7.43. The maximum Gasteiger partial charge on any atom is 0.0995 e. The molecule has 0 aliphatic rings. The Morgan fingerprint density at radius 2 is 1.89 bits per heavy atom. The Hall–Kier alpha value is -0.540. The predicted octanol–water partition coefficient (Wildman–Crippen LogP) is 5.06. The third kappa shape index (κ3) is 3.07. The highest BCUT2D eigenvalue weighted by Crippen LogP contribution is 2.37. The molecule has 0 fully saturated rings. The quantitative estimate of drug-likeness (QED) is 0.832. The second-order valence-electron chi connectivity index (χ2n) is 4.18. The molecule has 0 spiro atoms. The first-order chi connectivity index (χ1) is 8.61. The average Bonchev–Trinajstić information content (AvgIpc) is 2.67. The van der Waals surface area contributed by atoms with Crippen LogP contribution in [0.4, 0.5) is 0 Å². The van der Waals surface area contributed by atoms with Crippen LogP contribution in [0, 0.1) is 6.92 Å². The van der Waals surface area contributed by atoms with Gasteiger partial charge in [-0.2, -0.15) is 0 Å². The van der Waals surface area contributed by atoms with Crippen LogP contribution >= 0.6 is 34.5 Å². The Morgan fingerprint density at radius 3 is 2.39 bits per heavy atom. The highest BCUT2D eigenvalue weighted by Gasteiger charge is 2.18. The van der Waals surface area contributed by atoms with Gasteiger partial charge in [0.25, 0.3) is 0 Å². The number of thiophene rings is 1. The van der Waals surface area contributed by atoms with Gasteiger partial charge >= 0.3 is 0 Å². The van der Waals surface area contributed by atoms with E-state index in [-0.39, 0.29) is 6.04 Å². The van der Waals surface area contributed by atoms with Crippen molar-refractivity contribution in [3.05, 3.63) is 55.7 Å². The van der Waals surface area contributed by atoms with E-state index in [0.717, 1.165) is 20.8 Å². The summed E-state index contributed by atoms with van der Waals surface area (Å²) in [6.45, 7) is 5.05. The van der Waals surface area contributed by atoms with Crippen molar-refractivity contribution in [2.75, 3.05) is 6.54 Å². The number of aryl methyl sites for hydroxylation is 1. The maximum absolute atomic E-state index is 6.25. The zero-order chi connectivity index (χ0) is 13.1. The minimum atomic E-state index is 0.104. The number of hydrogen-bond acceptors (Lipinski definition) is 2. The fraction of sp³-hybridized carbons (Fsp3) is 0.286. The average molecular weight is 300 g/mol. The van der Waals surface area contributed by atoms with Crippen molar-refractivity contribution in [2.45, 2.75) is 19.9 Å². The number of benzene rings is 1. The molecule has 1 aromatic heterocycles. The minimum absolute atomic E-state index is 0.104. The van der Waals surface area contributed by atoms with Crippen LogP contribution in [0.3, 0.4) is 0 Å². The lowest BCUT2D eigenvalue weighted by Crippen LogP contribution is -2.21. The van der Waals surface area contributed by atoms with Crippen LogP contribution in [0.5, 0.6) is 0 Å². The van der Waals surface area contributed by atoms with E-state index in [9.17, 15) is 0 Å². The van der Waals surface area contributed by atoms with Gasteiger partial charge in [0, 0.05) is 5.56 Å². The van der Waals surface area contributed by atoms with E-state index < -0.39 is 0 Å². The van der Waals surface area contributed by atoms with Gasteiger partial charge in [0.15, 0.2) is 0 Å². The minimum Gasteiger partial charge on any atom is -0.306 e. The molecule has 2 aromatic rings. The monoisotopic (exact) mass is 299 g/mol. The Labute approximate surface area is 122 Å².